The van der Waals surface area contributed by atoms with Gasteiger partial charge in [-0.25, -0.2) is 10.8 Å². The van der Waals surface area contributed by atoms with Gasteiger partial charge in [-0.2, -0.15) is 4.98 Å². The number of anilines is 1. The standard InChI is InChI=1S/C11H17N5O4/c1-19-7-3-2-4-8(5-7)20-10-9(16(17)18)6-13-11(14-10)15-12/h6-8H,2-5,12H2,1H3,(H,13,14,15). The molecule has 1 aromatic heterocycles. The average molecular weight is 283 g/mol. The second-order valence-corrected chi connectivity index (χ2v) is 4.55. The Labute approximate surface area is 115 Å². The van der Waals surface area contributed by atoms with Crippen LogP contribution >= 0.6 is 0 Å². The molecule has 0 aliphatic heterocycles. The zero-order valence-electron chi connectivity index (χ0n) is 11.1. The van der Waals surface area contributed by atoms with Crippen molar-refractivity contribution in [2.45, 2.75) is 37.9 Å². The molecular formula is C11H17N5O4. The first-order valence-corrected chi connectivity index (χ1v) is 6.31. The molecule has 1 fully saturated rings. The maximum absolute atomic E-state index is 11.0. The minimum atomic E-state index is -0.577. The molecule has 1 saturated carbocycles. The normalized spacial score (nSPS) is 22.3. The van der Waals surface area contributed by atoms with Gasteiger partial charge in [0.2, 0.25) is 5.95 Å². The number of hydrogen-bond acceptors (Lipinski definition) is 8. The van der Waals surface area contributed by atoms with Crippen molar-refractivity contribution < 1.29 is 14.4 Å². The molecule has 0 aromatic carbocycles. The highest BCUT2D eigenvalue weighted by Gasteiger charge is 2.27. The summed E-state index contributed by atoms with van der Waals surface area (Å²) in [5.41, 5.74) is 1.97. The van der Waals surface area contributed by atoms with Gasteiger partial charge in [0.15, 0.2) is 0 Å². The third-order valence-corrected chi connectivity index (χ3v) is 3.25. The molecule has 2 unspecified atom stereocenters. The van der Waals surface area contributed by atoms with Crippen LogP contribution in [0.4, 0.5) is 11.6 Å². The first kappa shape index (κ1) is 14.4. The maximum atomic E-state index is 11.0. The summed E-state index contributed by atoms with van der Waals surface area (Å²) in [7, 11) is 1.65. The Bertz CT molecular complexity index is 484. The molecule has 0 bridgehead atoms. The lowest BCUT2D eigenvalue weighted by Gasteiger charge is -2.28. The van der Waals surface area contributed by atoms with E-state index >= 15 is 0 Å². The van der Waals surface area contributed by atoms with Gasteiger partial charge in [0.25, 0.3) is 5.88 Å². The van der Waals surface area contributed by atoms with Gasteiger partial charge >= 0.3 is 5.69 Å². The van der Waals surface area contributed by atoms with Crippen LogP contribution in [0.25, 0.3) is 0 Å². The highest BCUT2D eigenvalue weighted by molar-refractivity contribution is 5.42. The zero-order valence-corrected chi connectivity index (χ0v) is 11.1. The van der Waals surface area contributed by atoms with E-state index in [1.165, 1.54) is 0 Å². The van der Waals surface area contributed by atoms with E-state index in [0.29, 0.717) is 6.42 Å². The van der Waals surface area contributed by atoms with Gasteiger partial charge in [-0.3, -0.25) is 15.5 Å². The molecule has 9 nitrogen and oxygen atoms in total. The number of rotatable bonds is 5. The molecule has 1 aliphatic rings. The SMILES string of the molecule is COC1CCCC(Oc2nc(NN)ncc2[N+](=O)[O-])C1. The van der Waals surface area contributed by atoms with E-state index < -0.39 is 4.92 Å². The molecule has 0 saturated heterocycles. The van der Waals surface area contributed by atoms with Gasteiger partial charge in [-0.15, -0.1) is 0 Å². The van der Waals surface area contributed by atoms with Crippen molar-refractivity contribution in [1.29, 1.82) is 0 Å². The molecule has 1 aliphatic carbocycles. The van der Waals surface area contributed by atoms with E-state index in [1.807, 2.05) is 0 Å². The number of nitrogens with one attached hydrogen (secondary N) is 1. The van der Waals surface area contributed by atoms with Gasteiger partial charge in [-0.1, -0.05) is 0 Å². The van der Waals surface area contributed by atoms with Gasteiger partial charge in [0, 0.05) is 13.5 Å². The summed E-state index contributed by atoms with van der Waals surface area (Å²) in [6, 6.07) is 0. The number of nitro groups is 1. The maximum Gasteiger partial charge on any atom is 0.349 e. The molecule has 1 aromatic rings. The van der Waals surface area contributed by atoms with Crippen molar-refractivity contribution in [3.63, 3.8) is 0 Å². The third kappa shape index (κ3) is 3.31. The van der Waals surface area contributed by atoms with Gasteiger partial charge in [0.1, 0.15) is 12.3 Å². The largest absolute Gasteiger partial charge is 0.469 e. The number of ether oxygens (including phenoxy) is 2. The number of nitrogens with zero attached hydrogens (tertiary/aromatic N) is 3. The molecule has 0 amide bonds. The van der Waals surface area contributed by atoms with Crippen LogP contribution in [0.1, 0.15) is 25.7 Å². The van der Waals surface area contributed by atoms with Crippen LogP contribution in [0.5, 0.6) is 5.88 Å². The zero-order chi connectivity index (χ0) is 14.5. The topological polar surface area (TPSA) is 125 Å². The summed E-state index contributed by atoms with van der Waals surface area (Å²) in [5, 5.41) is 11.0. The molecule has 2 atom stereocenters. The number of aromatic nitrogens is 2. The molecule has 20 heavy (non-hydrogen) atoms. The van der Waals surface area contributed by atoms with E-state index in [0.717, 1.165) is 25.5 Å². The number of hydrogen-bond donors (Lipinski definition) is 2. The van der Waals surface area contributed by atoms with E-state index in [-0.39, 0.29) is 29.7 Å². The molecule has 1 heterocycles. The van der Waals surface area contributed by atoms with Crippen molar-refractivity contribution in [3.8, 4) is 5.88 Å². The van der Waals surface area contributed by atoms with Crippen LogP contribution < -0.4 is 16.0 Å². The van der Waals surface area contributed by atoms with Crippen LogP contribution in [0.15, 0.2) is 6.20 Å². The summed E-state index contributed by atoms with van der Waals surface area (Å²) in [5.74, 6) is 5.21. The van der Waals surface area contributed by atoms with Crippen LogP contribution in [0.3, 0.4) is 0 Å². The summed E-state index contributed by atoms with van der Waals surface area (Å²) in [4.78, 5) is 18.0. The molecule has 3 N–H and O–H groups in total. The van der Waals surface area contributed by atoms with Crippen molar-refractivity contribution in [2.75, 3.05) is 12.5 Å². The fraction of sp³-hybridized carbons (Fsp3) is 0.636. The highest BCUT2D eigenvalue weighted by Crippen LogP contribution is 2.29. The van der Waals surface area contributed by atoms with Crippen LogP contribution in [-0.4, -0.2) is 34.2 Å². The summed E-state index contributed by atoms with van der Waals surface area (Å²) < 4.78 is 11.0. The van der Waals surface area contributed by atoms with Crippen molar-refractivity contribution in [2.24, 2.45) is 5.84 Å². The monoisotopic (exact) mass is 283 g/mol. The number of nitrogens with two attached hydrogens (primary N) is 1. The Balaban J connectivity index is 2.16. The first-order chi connectivity index (χ1) is 9.63. The smallest absolute Gasteiger partial charge is 0.349 e. The number of nitrogen functional groups attached to an aromatic ring is 1. The fourth-order valence-electron chi connectivity index (χ4n) is 2.22. The average Bonchev–Trinajstić information content (AvgIpc) is 2.47. The van der Waals surface area contributed by atoms with E-state index in [1.54, 1.807) is 7.11 Å². The lowest BCUT2D eigenvalue weighted by atomic mass is 9.95. The Hall–Kier alpha value is -2.00. The summed E-state index contributed by atoms with van der Waals surface area (Å²) >= 11 is 0. The Morgan fingerprint density at radius 1 is 1.50 bits per heavy atom. The van der Waals surface area contributed by atoms with Crippen molar-refractivity contribution in [3.05, 3.63) is 16.3 Å². The second-order valence-electron chi connectivity index (χ2n) is 4.55. The minimum absolute atomic E-state index is 0.0697. The molecule has 0 radical (unpaired) electrons. The Morgan fingerprint density at radius 2 is 2.25 bits per heavy atom. The molecule has 110 valence electrons. The predicted molar refractivity (Wildman–Crippen MR) is 70.2 cm³/mol. The van der Waals surface area contributed by atoms with Crippen LogP contribution in [0, 0.1) is 10.1 Å². The van der Waals surface area contributed by atoms with Gasteiger partial charge < -0.3 is 9.47 Å². The van der Waals surface area contributed by atoms with Crippen LogP contribution in [0.2, 0.25) is 0 Å². The van der Waals surface area contributed by atoms with E-state index in [4.69, 9.17) is 15.3 Å². The molecular weight excluding hydrogens is 266 g/mol. The number of methoxy groups -OCH3 is 1. The Morgan fingerprint density at radius 3 is 2.90 bits per heavy atom. The fourth-order valence-corrected chi connectivity index (χ4v) is 2.22. The first-order valence-electron chi connectivity index (χ1n) is 6.31. The lowest BCUT2D eigenvalue weighted by molar-refractivity contribution is -0.386. The minimum Gasteiger partial charge on any atom is -0.469 e. The van der Waals surface area contributed by atoms with Gasteiger partial charge in [0.05, 0.1) is 11.0 Å². The van der Waals surface area contributed by atoms with Gasteiger partial charge in [-0.05, 0) is 19.3 Å². The summed E-state index contributed by atoms with van der Waals surface area (Å²) in [6.45, 7) is 0. The third-order valence-electron chi connectivity index (χ3n) is 3.25. The second kappa shape index (κ2) is 6.44. The quantitative estimate of drug-likeness (QED) is 0.465. The molecule has 2 rings (SSSR count). The van der Waals surface area contributed by atoms with E-state index in [9.17, 15) is 10.1 Å². The molecule has 9 heteroatoms. The number of hydrazine groups is 1. The highest BCUT2D eigenvalue weighted by atomic mass is 16.6. The van der Waals surface area contributed by atoms with Crippen molar-refractivity contribution >= 4 is 11.6 Å². The van der Waals surface area contributed by atoms with E-state index in [2.05, 4.69) is 15.4 Å². The molecule has 0 spiro atoms. The van der Waals surface area contributed by atoms with Crippen molar-refractivity contribution in [1.82, 2.24) is 9.97 Å². The Kier molecular flexibility index (Phi) is 4.64. The van der Waals surface area contributed by atoms with Crippen LogP contribution in [-0.2, 0) is 4.74 Å². The predicted octanol–water partition coefficient (Wildman–Crippen LogP) is 1.01. The lowest BCUT2D eigenvalue weighted by Crippen LogP contribution is -2.30. The summed E-state index contributed by atoms with van der Waals surface area (Å²) in [6.07, 6.45) is 4.44.